The quantitative estimate of drug-likeness (QED) is 0.328. The van der Waals surface area contributed by atoms with Gasteiger partial charge in [-0.15, -0.1) is 0 Å². The minimum atomic E-state index is -0.591. The van der Waals surface area contributed by atoms with Gasteiger partial charge in [0, 0.05) is 6.42 Å². The second kappa shape index (κ2) is 10.5. The number of carbonyl (C=O) groups excluding carboxylic acids is 2. The molecule has 2 rings (SSSR count). The van der Waals surface area contributed by atoms with Gasteiger partial charge in [0.2, 0.25) is 0 Å². The molecular formula is C23H28O4. The number of benzene rings is 2. The summed E-state index contributed by atoms with van der Waals surface area (Å²) in [6.07, 6.45) is 2.82. The summed E-state index contributed by atoms with van der Waals surface area (Å²) in [5.41, 5.74) is 1.50. The number of hydrogen-bond donors (Lipinski definition) is 0. The third-order valence-corrected chi connectivity index (χ3v) is 4.41. The van der Waals surface area contributed by atoms with Gasteiger partial charge in [0.05, 0.1) is 12.5 Å². The van der Waals surface area contributed by atoms with E-state index in [-0.39, 0.29) is 11.9 Å². The van der Waals surface area contributed by atoms with Crippen LogP contribution >= 0.6 is 0 Å². The van der Waals surface area contributed by atoms with E-state index < -0.39 is 5.60 Å². The Morgan fingerprint density at radius 2 is 1.63 bits per heavy atom. The fraction of sp³-hybridized carbons (Fsp3) is 0.391. The summed E-state index contributed by atoms with van der Waals surface area (Å²) < 4.78 is 10.6. The zero-order valence-corrected chi connectivity index (χ0v) is 16.1. The van der Waals surface area contributed by atoms with Crippen LogP contribution in [0.15, 0.2) is 60.7 Å². The van der Waals surface area contributed by atoms with Crippen molar-refractivity contribution in [1.82, 2.24) is 0 Å². The van der Waals surface area contributed by atoms with Crippen molar-refractivity contribution in [2.75, 3.05) is 6.61 Å². The summed E-state index contributed by atoms with van der Waals surface area (Å²) in [7, 11) is 0. The molecule has 0 spiro atoms. The van der Waals surface area contributed by atoms with Gasteiger partial charge in [-0.25, -0.2) is 0 Å². The first kappa shape index (κ1) is 20.7. The van der Waals surface area contributed by atoms with Crippen molar-refractivity contribution in [3.05, 3.63) is 71.8 Å². The van der Waals surface area contributed by atoms with Crippen LogP contribution in [0.3, 0.4) is 0 Å². The lowest BCUT2D eigenvalue weighted by Gasteiger charge is -2.28. The highest BCUT2D eigenvalue weighted by atomic mass is 16.6. The zero-order valence-electron chi connectivity index (χ0n) is 16.1. The van der Waals surface area contributed by atoms with E-state index in [1.807, 2.05) is 74.5 Å². The van der Waals surface area contributed by atoms with Crippen molar-refractivity contribution >= 4 is 12.4 Å². The van der Waals surface area contributed by atoms with Gasteiger partial charge in [-0.2, -0.15) is 0 Å². The number of hydrogen-bond acceptors (Lipinski definition) is 4. The van der Waals surface area contributed by atoms with Gasteiger partial charge in [0.25, 0.3) is 6.47 Å². The van der Waals surface area contributed by atoms with Crippen LogP contribution in [-0.4, -0.2) is 24.6 Å². The Balaban J connectivity index is 2.02. The smallest absolute Gasteiger partial charge is 0.313 e. The Hall–Kier alpha value is -2.62. The number of carbonyl (C=O) groups is 2. The SMILES string of the molecule is CC(C)(Cc1ccccc1)OC(=O)C(CCCCOC=O)c1ccccc1. The topological polar surface area (TPSA) is 52.6 Å². The number of esters is 1. The summed E-state index contributed by atoms with van der Waals surface area (Å²) in [5, 5.41) is 0. The van der Waals surface area contributed by atoms with E-state index in [9.17, 15) is 9.59 Å². The first-order valence-electron chi connectivity index (χ1n) is 9.39. The van der Waals surface area contributed by atoms with E-state index in [1.54, 1.807) is 0 Å². The Bertz CT molecular complexity index is 695. The molecule has 2 aromatic carbocycles. The molecule has 0 aliphatic rings. The van der Waals surface area contributed by atoms with Crippen LogP contribution in [0.4, 0.5) is 0 Å². The monoisotopic (exact) mass is 368 g/mol. The minimum absolute atomic E-state index is 0.210. The van der Waals surface area contributed by atoms with Gasteiger partial charge < -0.3 is 9.47 Å². The van der Waals surface area contributed by atoms with Gasteiger partial charge in [-0.1, -0.05) is 60.7 Å². The van der Waals surface area contributed by atoms with Crippen molar-refractivity contribution in [2.45, 2.75) is 51.0 Å². The molecule has 0 saturated heterocycles. The van der Waals surface area contributed by atoms with Crippen LogP contribution in [-0.2, 0) is 25.5 Å². The molecule has 0 radical (unpaired) electrons. The zero-order chi connectivity index (χ0) is 19.5. The second-order valence-electron chi connectivity index (χ2n) is 7.27. The highest BCUT2D eigenvalue weighted by Gasteiger charge is 2.29. The maximum Gasteiger partial charge on any atom is 0.313 e. The van der Waals surface area contributed by atoms with Crippen molar-refractivity contribution in [3.63, 3.8) is 0 Å². The fourth-order valence-corrected chi connectivity index (χ4v) is 3.15. The number of ether oxygens (including phenoxy) is 2. The molecule has 144 valence electrons. The van der Waals surface area contributed by atoms with Gasteiger partial charge in [-0.05, 0) is 44.2 Å². The molecule has 4 nitrogen and oxygen atoms in total. The molecule has 0 aliphatic heterocycles. The summed E-state index contributed by atoms with van der Waals surface area (Å²) in [6, 6.07) is 19.7. The molecule has 0 amide bonds. The largest absolute Gasteiger partial charge is 0.468 e. The van der Waals surface area contributed by atoms with Crippen LogP contribution in [0.2, 0.25) is 0 Å². The van der Waals surface area contributed by atoms with Crippen LogP contribution in [0.25, 0.3) is 0 Å². The Morgan fingerprint density at radius 3 is 2.26 bits per heavy atom. The Morgan fingerprint density at radius 1 is 1.00 bits per heavy atom. The Kier molecular flexibility index (Phi) is 8.05. The van der Waals surface area contributed by atoms with E-state index in [1.165, 1.54) is 0 Å². The summed E-state index contributed by atoms with van der Waals surface area (Å²) in [4.78, 5) is 23.2. The molecule has 0 heterocycles. The van der Waals surface area contributed by atoms with Gasteiger partial charge in [0.15, 0.2) is 0 Å². The molecular weight excluding hydrogens is 340 g/mol. The third kappa shape index (κ3) is 7.26. The van der Waals surface area contributed by atoms with Gasteiger partial charge in [0.1, 0.15) is 5.60 Å². The lowest BCUT2D eigenvalue weighted by molar-refractivity contribution is -0.158. The maximum absolute atomic E-state index is 13.0. The molecule has 4 heteroatoms. The van der Waals surface area contributed by atoms with E-state index in [2.05, 4.69) is 0 Å². The predicted molar refractivity (Wildman–Crippen MR) is 105 cm³/mol. The molecule has 1 unspecified atom stereocenters. The number of rotatable bonds is 11. The average Bonchev–Trinajstić information content (AvgIpc) is 2.65. The first-order valence-corrected chi connectivity index (χ1v) is 9.39. The lowest BCUT2D eigenvalue weighted by atomic mass is 9.92. The minimum Gasteiger partial charge on any atom is -0.468 e. The average molecular weight is 368 g/mol. The lowest BCUT2D eigenvalue weighted by Crippen LogP contribution is -2.33. The van der Waals surface area contributed by atoms with Gasteiger partial charge >= 0.3 is 5.97 Å². The molecule has 0 saturated carbocycles. The Labute approximate surface area is 161 Å². The van der Waals surface area contributed by atoms with Crippen molar-refractivity contribution in [2.24, 2.45) is 0 Å². The molecule has 0 bridgehead atoms. The molecule has 0 N–H and O–H groups in total. The van der Waals surface area contributed by atoms with E-state index >= 15 is 0 Å². The summed E-state index contributed by atoms with van der Waals surface area (Å²) in [6.45, 7) is 4.71. The van der Waals surface area contributed by atoms with Crippen LogP contribution < -0.4 is 0 Å². The first-order chi connectivity index (χ1) is 13.0. The normalized spacial score (nSPS) is 12.2. The molecule has 1 atom stereocenters. The molecule has 2 aromatic rings. The van der Waals surface area contributed by atoms with Crippen molar-refractivity contribution in [1.29, 1.82) is 0 Å². The van der Waals surface area contributed by atoms with Crippen molar-refractivity contribution < 1.29 is 19.1 Å². The summed E-state index contributed by atoms with van der Waals surface area (Å²) >= 11 is 0. The standard InChI is InChI=1S/C23H28O4/c1-23(2,17-19-11-5-3-6-12-19)27-22(25)21(15-9-10-16-26-18-24)20-13-7-4-8-14-20/h3-8,11-14,18,21H,9-10,15-17H2,1-2H3. The van der Waals surface area contributed by atoms with Crippen molar-refractivity contribution in [3.8, 4) is 0 Å². The maximum atomic E-state index is 13.0. The van der Waals surface area contributed by atoms with E-state index in [4.69, 9.17) is 9.47 Å². The summed E-state index contributed by atoms with van der Waals surface area (Å²) in [5.74, 6) is -0.532. The van der Waals surface area contributed by atoms with Crippen LogP contribution in [0.1, 0.15) is 50.2 Å². The highest BCUT2D eigenvalue weighted by molar-refractivity contribution is 5.78. The predicted octanol–water partition coefficient (Wildman–Crippen LogP) is 4.68. The van der Waals surface area contributed by atoms with Crippen LogP contribution in [0.5, 0.6) is 0 Å². The van der Waals surface area contributed by atoms with E-state index in [0.717, 1.165) is 24.0 Å². The molecule has 0 aromatic heterocycles. The molecule has 0 fully saturated rings. The highest BCUT2D eigenvalue weighted by Crippen LogP contribution is 2.27. The third-order valence-electron chi connectivity index (χ3n) is 4.41. The number of unbranched alkanes of at least 4 members (excludes halogenated alkanes) is 1. The van der Waals surface area contributed by atoms with E-state index in [0.29, 0.717) is 25.9 Å². The second-order valence-corrected chi connectivity index (χ2v) is 7.27. The van der Waals surface area contributed by atoms with Crippen LogP contribution in [0, 0.1) is 0 Å². The fourth-order valence-electron chi connectivity index (χ4n) is 3.15. The molecule has 0 aliphatic carbocycles. The van der Waals surface area contributed by atoms with Gasteiger partial charge in [-0.3, -0.25) is 9.59 Å². The molecule has 27 heavy (non-hydrogen) atoms.